The van der Waals surface area contributed by atoms with Gasteiger partial charge in [0, 0.05) is 0 Å². The second-order valence-corrected chi connectivity index (χ2v) is 4.52. The Balaban J connectivity index is 2.42. The van der Waals surface area contributed by atoms with Gasteiger partial charge < -0.3 is 5.73 Å². The van der Waals surface area contributed by atoms with E-state index in [2.05, 4.69) is 17.1 Å². The third-order valence-corrected chi connectivity index (χ3v) is 3.50. The van der Waals surface area contributed by atoms with E-state index in [-0.39, 0.29) is 0 Å². The van der Waals surface area contributed by atoms with E-state index in [1.807, 2.05) is 0 Å². The number of nitrogen functional groups attached to an aromatic ring is 1. The van der Waals surface area contributed by atoms with Crippen LogP contribution in [0.25, 0.3) is 10.2 Å². The van der Waals surface area contributed by atoms with Gasteiger partial charge in [0.05, 0.1) is 10.2 Å². The van der Waals surface area contributed by atoms with Crippen LogP contribution in [0, 0.1) is 0 Å². The quantitative estimate of drug-likeness (QED) is 0.692. The number of nitrogens with zero attached hydrogens (tertiary/aromatic N) is 1. The molecule has 1 heterocycles. The van der Waals surface area contributed by atoms with E-state index in [0.29, 0.717) is 5.13 Å². The number of nitrogens with two attached hydrogens (primary N) is 1. The summed E-state index contributed by atoms with van der Waals surface area (Å²) in [6, 6.07) is 4.37. The second-order valence-electron chi connectivity index (χ2n) is 3.46. The van der Waals surface area contributed by atoms with Gasteiger partial charge in [0.2, 0.25) is 0 Å². The van der Waals surface area contributed by atoms with E-state index in [0.717, 1.165) is 5.52 Å². The van der Waals surface area contributed by atoms with Gasteiger partial charge >= 0.3 is 0 Å². The van der Waals surface area contributed by atoms with E-state index >= 15 is 0 Å². The van der Waals surface area contributed by atoms with E-state index in [1.54, 1.807) is 11.3 Å². The van der Waals surface area contributed by atoms with E-state index in [9.17, 15) is 0 Å². The van der Waals surface area contributed by atoms with Crippen LogP contribution >= 0.6 is 11.3 Å². The summed E-state index contributed by atoms with van der Waals surface area (Å²) in [6.07, 6.45) is 3.66. The molecule has 2 aromatic rings. The maximum absolute atomic E-state index is 5.69. The minimum Gasteiger partial charge on any atom is -0.375 e. The molecule has 3 heteroatoms. The number of aryl methyl sites for hydroxylation is 2. The van der Waals surface area contributed by atoms with Crippen LogP contribution in [0.2, 0.25) is 0 Å². The highest BCUT2D eigenvalue weighted by Crippen LogP contribution is 2.33. The molecule has 3 rings (SSSR count). The van der Waals surface area contributed by atoms with Crippen LogP contribution in [0.15, 0.2) is 12.1 Å². The molecule has 1 aliphatic rings. The van der Waals surface area contributed by atoms with Gasteiger partial charge in [-0.1, -0.05) is 17.4 Å². The Morgan fingerprint density at radius 3 is 3.15 bits per heavy atom. The Kier molecular flexibility index (Phi) is 1.38. The molecule has 0 aliphatic heterocycles. The number of thiazole rings is 1. The summed E-state index contributed by atoms with van der Waals surface area (Å²) >= 11 is 1.58. The van der Waals surface area contributed by atoms with Crippen LogP contribution in [-0.4, -0.2) is 4.98 Å². The summed E-state index contributed by atoms with van der Waals surface area (Å²) in [5.41, 5.74) is 9.75. The highest BCUT2D eigenvalue weighted by molar-refractivity contribution is 7.22. The number of rotatable bonds is 0. The van der Waals surface area contributed by atoms with Crippen molar-refractivity contribution < 1.29 is 0 Å². The lowest BCUT2D eigenvalue weighted by molar-refractivity contribution is 0.913. The molecule has 2 nitrogen and oxygen atoms in total. The molecular formula is C10H10N2S. The Labute approximate surface area is 80.4 Å². The average Bonchev–Trinajstić information content (AvgIpc) is 2.65. The number of fused-ring (bicyclic) bond motifs is 3. The van der Waals surface area contributed by atoms with Gasteiger partial charge in [-0.25, -0.2) is 4.98 Å². The largest absolute Gasteiger partial charge is 0.375 e. The lowest BCUT2D eigenvalue weighted by atomic mass is 10.1. The van der Waals surface area contributed by atoms with Crippen molar-refractivity contribution in [2.75, 3.05) is 5.73 Å². The molecule has 0 unspecified atom stereocenters. The molecule has 0 spiro atoms. The van der Waals surface area contributed by atoms with Crippen molar-refractivity contribution in [1.29, 1.82) is 0 Å². The fraction of sp³-hybridized carbons (Fsp3) is 0.300. The third-order valence-electron chi connectivity index (χ3n) is 2.65. The van der Waals surface area contributed by atoms with Crippen molar-refractivity contribution in [2.45, 2.75) is 19.3 Å². The fourth-order valence-electron chi connectivity index (χ4n) is 2.08. The summed E-state index contributed by atoms with van der Waals surface area (Å²) in [7, 11) is 0. The van der Waals surface area contributed by atoms with Crippen molar-refractivity contribution in [3.8, 4) is 0 Å². The van der Waals surface area contributed by atoms with Crippen molar-refractivity contribution >= 4 is 26.7 Å². The van der Waals surface area contributed by atoms with Crippen LogP contribution in [0.1, 0.15) is 17.5 Å². The molecule has 0 saturated carbocycles. The van der Waals surface area contributed by atoms with Gasteiger partial charge in [0.1, 0.15) is 0 Å². The molecule has 13 heavy (non-hydrogen) atoms. The first-order chi connectivity index (χ1) is 6.34. The lowest BCUT2D eigenvalue weighted by Crippen LogP contribution is -1.85. The molecule has 0 atom stereocenters. The van der Waals surface area contributed by atoms with Crippen LogP contribution in [0.5, 0.6) is 0 Å². The fourth-order valence-corrected chi connectivity index (χ4v) is 2.84. The standard InChI is InChI=1S/C10H10N2S/c11-10-12-9-7-3-1-2-6(7)4-5-8(9)13-10/h4-5H,1-3H2,(H2,11,12). The zero-order valence-corrected chi connectivity index (χ0v) is 8.03. The van der Waals surface area contributed by atoms with Crippen molar-refractivity contribution in [3.63, 3.8) is 0 Å². The molecule has 0 bridgehead atoms. The van der Waals surface area contributed by atoms with Gasteiger partial charge in [-0.3, -0.25) is 0 Å². The van der Waals surface area contributed by atoms with Gasteiger partial charge in [0.25, 0.3) is 0 Å². The molecule has 0 amide bonds. The molecule has 0 radical (unpaired) electrons. The number of benzene rings is 1. The molecule has 2 N–H and O–H groups in total. The molecule has 66 valence electrons. The lowest BCUT2D eigenvalue weighted by Gasteiger charge is -1.97. The molecular weight excluding hydrogens is 180 g/mol. The predicted octanol–water partition coefficient (Wildman–Crippen LogP) is 2.37. The predicted molar refractivity (Wildman–Crippen MR) is 56.1 cm³/mol. The maximum Gasteiger partial charge on any atom is 0.181 e. The van der Waals surface area contributed by atoms with Gasteiger partial charge in [-0.15, -0.1) is 0 Å². The molecule has 1 aliphatic carbocycles. The Morgan fingerprint density at radius 1 is 1.31 bits per heavy atom. The van der Waals surface area contributed by atoms with Gasteiger partial charge in [-0.05, 0) is 36.5 Å². The normalized spacial score (nSPS) is 15.1. The van der Waals surface area contributed by atoms with Crippen LogP contribution in [-0.2, 0) is 12.8 Å². The Bertz CT molecular complexity index is 473. The van der Waals surface area contributed by atoms with Crippen LogP contribution < -0.4 is 5.73 Å². The summed E-state index contributed by atoms with van der Waals surface area (Å²) in [4.78, 5) is 4.38. The Hall–Kier alpha value is -1.09. The highest BCUT2D eigenvalue weighted by atomic mass is 32.1. The SMILES string of the molecule is Nc1nc2c3c(ccc2s1)CCC3. The zero-order chi connectivity index (χ0) is 8.84. The van der Waals surface area contributed by atoms with Crippen LogP contribution in [0.3, 0.4) is 0 Å². The van der Waals surface area contributed by atoms with Crippen molar-refractivity contribution in [3.05, 3.63) is 23.3 Å². The molecule has 0 fully saturated rings. The minimum atomic E-state index is 0.690. The average molecular weight is 190 g/mol. The second kappa shape index (κ2) is 2.45. The van der Waals surface area contributed by atoms with Crippen LogP contribution in [0.4, 0.5) is 5.13 Å². The zero-order valence-electron chi connectivity index (χ0n) is 7.21. The molecule has 1 aromatic heterocycles. The van der Waals surface area contributed by atoms with Gasteiger partial charge in [0.15, 0.2) is 5.13 Å². The summed E-state index contributed by atoms with van der Waals surface area (Å²) < 4.78 is 1.23. The molecule has 1 aromatic carbocycles. The summed E-state index contributed by atoms with van der Waals surface area (Å²) in [6.45, 7) is 0. The van der Waals surface area contributed by atoms with Crippen molar-refractivity contribution in [1.82, 2.24) is 4.98 Å². The smallest absolute Gasteiger partial charge is 0.181 e. The summed E-state index contributed by atoms with van der Waals surface area (Å²) in [5, 5.41) is 0.690. The first kappa shape index (κ1) is 7.33. The number of hydrogen-bond acceptors (Lipinski definition) is 3. The topological polar surface area (TPSA) is 38.9 Å². The monoisotopic (exact) mass is 190 g/mol. The first-order valence-corrected chi connectivity index (χ1v) is 5.33. The number of aromatic nitrogens is 1. The van der Waals surface area contributed by atoms with E-state index in [1.165, 1.54) is 35.1 Å². The third kappa shape index (κ3) is 0.968. The molecule has 0 saturated heterocycles. The number of anilines is 1. The minimum absolute atomic E-state index is 0.690. The van der Waals surface area contributed by atoms with E-state index in [4.69, 9.17) is 5.73 Å². The van der Waals surface area contributed by atoms with E-state index < -0.39 is 0 Å². The first-order valence-electron chi connectivity index (χ1n) is 4.51. The van der Waals surface area contributed by atoms with Crippen molar-refractivity contribution in [2.24, 2.45) is 0 Å². The number of hydrogen-bond donors (Lipinski definition) is 1. The highest BCUT2D eigenvalue weighted by Gasteiger charge is 2.15. The Morgan fingerprint density at radius 2 is 2.23 bits per heavy atom. The summed E-state index contributed by atoms with van der Waals surface area (Å²) in [5.74, 6) is 0. The maximum atomic E-state index is 5.69. The van der Waals surface area contributed by atoms with Gasteiger partial charge in [-0.2, -0.15) is 0 Å².